The number of ether oxygens (including phenoxy) is 1. The highest BCUT2D eigenvalue weighted by Crippen LogP contribution is 2.32. The summed E-state index contributed by atoms with van der Waals surface area (Å²) < 4.78 is 5.37. The molecule has 2 rings (SSSR count). The number of rotatable bonds is 2. The van der Waals surface area contributed by atoms with E-state index in [0.29, 0.717) is 5.92 Å². The molecule has 1 fully saturated rings. The summed E-state index contributed by atoms with van der Waals surface area (Å²) in [6.45, 7) is 2.15. The topological polar surface area (TPSA) is 21.3 Å². The summed E-state index contributed by atoms with van der Waals surface area (Å²) in [7, 11) is 1.71. The molecule has 3 heteroatoms. The summed E-state index contributed by atoms with van der Waals surface area (Å²) >= 11 is 6.02. The maximum absolute atomic E-state index is 6.02. The van der Waals surface area contributed by atoms with E-state index in [-0.39, 0.29) is 0 Å². The summed E-state index contributed by atoms with van der Waals surface area (Å²) in [5, 5.41) is 4.19. The van der Waals surface area contributed by atoms with Crippen LogP contribution in [-0.2, 0) is 0 Å². The number of hydrogen-bond acceptors (Lipinski definition) is 2. The lowest BCUT2D eigenvalue weighted by Gasteiger charge is -2.24. The molecule has 1 heterocycles. The first-order valence-corrected chi connectivity index (χ1v) is 5.73. The zero-order valence-electron chi connectivity index (χ0n) is 8.92. The maximum Gasteiger partial charge on any atom is 0.122 e. The van der Waals surface area contributed by atoms with Gasteiger partial charge >= 0.3 is 0 Å². The van der Waals surface area contributed by atoms with Crippen LogP contribution in [-0.4, -0.2) is 20.2 Å². The van der Waals surface area contributed by atoms with Gasteiger partial charge in [0.2, 0.25) is 0 Å². The average Bonchev–Trinajstić information content (AvgIpc) is 2.30. The van der Waals surface area contributed by atoms with Gasteiger partial charge < -0.3 is 10.1 Å². The van der Waals surface area contributed by atoms with Crippen LogP contribution in [0.25, 0.3) is 0 Å². The molecule has 0 amide bonds. The van der Waals surface area contributed by atoms with Crippen LogP contribution >= 0.6 is 11.6 Å². The van der Waals surface area contributed by atoms with Crippen LogP contribution in [0, 0.1) is 0 Å². The third-order valence-corrected chi connectivity index (χ3v) is 3.16. The number of methoxy groups -OCH3 is 1. The number of benzene rings is 1. The SMILES string of the molecule is COc1ccc(Cl)cc1C1CCCNC1. The minimum absolute atomic E-state index is 0.535. The second kappa shape index (κ2) is 4.86. The van der Waals surface area contributed by atoms with Gasteiger partial charge in [0.1, 0.15) is 5.75 Å². The Balaban J connectivity index is 2.27. The van der Waals surface area contributed by atoms with Crippen molar-refractivity contribution in [2.75, 3.05) is 20.2 Å². The Bertz CT molecular complexity index is 334. The second-order valence-electron chi connectivity index (χ2n) is 3.93. The second-order valence-corrected chi connectivity index (χ2v) is 4.37. The highest BCUT2D eigenvalue weighted by atomic mass is 35.5. The van der Waals surface area contributed by atoms with Crippen LogP contribution in [0.4, 0.5) is 0 Å². The van der Waals surface area contributed by atoms with E-state index in [1.807, 2.05) is 18.2 Å². The average molecular weight is 226 g/mol. The van der Waals surface area contributed by atoms with Crippen molar-refractivity contribution < 1.29 is 4.74 Å². The van der Waals surface area contributed by atoms with Gasteiger partial charge in [-0.25, -0.2) is 0 Å². The van der Waals surface area contributed by atoms with E-state index in [1.54, 1.807) is 7.11 Å². The lowest BCUT2D eigenvalue weighted by Crippen LogP contribution is -2.28. The first-order chi connectivity index (χ1) is 7.31. The van der Waals surface area contributed by atoms with Crippen molar-refractivity contribution in [1.82, 2.24) is 5.32 Å². The minimum atomic E-state index is 0.535. The first-order valence-electron chi connectivity index (χ1n) is 5.35. The van der Waals surface area contributed by atoms with Crippen molar-refractivity contribution >= 4 is 11.6 Å². The number of hydrogen-bond donors (Lipinski definition) is 1. The van der Waals surface area contributed by atoms with Gasteiger partial charge in [-0.2, -0.15) is 0 Å². The van der Waals surface area contributed by atoms with Crippen molar-refractivity contribution in [2.45, 2.75) is 18.8 Å². The Kier molecular flexibility index (Phi) is 3.49. The Morgan fingerprint density at radius 1 is 1.47 bits per heavy atom. The first kappa shape index (κ1) is 10.8. The van der Waals surface area contributed by atoms with Crippen LogP contribution in [0.2, 0.25) is 5.02 Å². The van der Waals surface area contributed by atoms with Gasteiger partial charge in [-0.15, -0.1) is 0 Å². The zero-order chi connectivity index (χ0) is 10.7. The van der Waals surface area contributed by atoms with Gasteiger partial charge in [-0.1, -0.05) is 11.6 Å². The minimum Gasteiger partial charge on any atom is -0.496 e. The molecule has 1 aromatic carbocycles. The summed E-state index contributed by atoms with van der Waals surface area (Å²) in [5.41, 5.74) is 1.23. The van der Waals surface area contributed by atoms with Crippen LogP contribution in [0.5, 0.6) is 5.75 Å². The van der Waals surface area contributed by atoms with E-state index in [1.165, 1.54) is 18.4 Å². The van der Waals surface area contributed by atoms with Gasteiger partial charge in [0.25, 0.3) is 0 Å². The predicted octanol–water partition coefficient (Wildman–Crippen LogP) is 2.82. The van der Waals surface area contributed by atoms with Crippen LogP contribution in [0.1, 0.15) is 24.3 Å². The van der Waals surface area contributed by atoms with Crippen molar-refractivity contribution in [3.63, 3.8) is 0 Å². The summed E-state index contributed by atoms with van der Waals surface area (Å²) in [6, 6.07) is 5.85. The molecular formula is C12H16ClNO. The van der Waals surface area contributed by atoms with E-state index >= 15 is 0 Å². The largest absolute Gasteiger partial charge is 0.496 e. The van der Waals surface area contributed by atoms with Crippen LogP contribution in [0.15, 0.2) is 18.2 Å². The standard InChI is InChI=1S/C12H16ClNO/c1-15-12-5-4-10(13)7-11(12)9-3-2-6-14-8-9/h4-5,7,9,14H,2-3,6,8H2,1H3. The molecule has 1 N–H and O–H groups in total. The Labute approximate surface area is 95.6 Å². The van der Waals surface area contributed by atoms with Gasteiger partial charge in [0.15, 0.2) is 0 Å². The molecule has 1 unspecified atom stereocenters. The molecule has 0 spiro atoms. The molecule has 1 saturated heterocycles. The van der Waals surface area contributed by atoms with Crippen molar-refractivity contribution in [3.05, 3.63) is 28.8 Å². The predicted molar refractivity (Wildman–Crippen MR) is 62.8 cm³/mol. The van der Waals surface area contributed by atoms with E-state index in [0.717, 1.165) is 23.9 Å². The Morgan fingerprint density at radius 3 is 3.00 bits per heavy atom. The molecule has 1 aromatic rings. The van der Waals surface area contributed by atoms with Crippen molar-refractivity contribution in [2.24, 2.45) is 0 Å². The van der Waals surface area contributed by atoms with E-state index in [4.69, 9.17) is 16.3 Å². The number of piperidine rings is 1. The quantitative estimate of drug-likeness (QED) is 0.836. The van der Waals surface area contributed by atoms with Crippen molar-refractivity contribution in [1.29, 1.82) is 0 Å². The molecule has 2 nitrogen and oxygen atoms in total. The van der Waals surface area contributed by atoms with Crippen LogP contribution in [0.3, 0.4) is 0 Å². The van der Waals surface area contributed by atoms with Crippen LogP contribution < -0.4 is 10.1 Å². The Morgan fingerprint density at radius 2 is 2.33 bits per heavy atom. The molecule has 0 radical (unpaired) electrons. The third-order valence-electron chi connectivity index (χ3n) is 2.93. The highest BCUT2D eigenvalue weighted by Gasteiger charge is 2.18. The van der Waals surface area contributed by atoms with Gasteiger partial charge in [0.05, 0.1) is 7.11 Å². The van der Waals surface area contributed by atoms with Gasteiger partial charge in [0, 0.05) is 17.5 Å². The molecule has 1 aliphatic rings. The molecule has 15 heavy (non-hydrogen) atoms. The molecular weight excluding hydrogens is 210 g/mol. The molecule has 82 valence electrons. The maximum atomic E-state index is 6.02. The fourth-order valence-corrected chi connectivity index (χ4v) is 2.32. The highest BCUT2D eigenvalue weighted by molar-refractivity contribution is 6.30. The van der Waals surface area contributed by atoms with E-state index in [9.17, 15) is 0 Å². The van der Waals surface area contributed by atoms with Crippen molar-refractivity contribution in [3.8, 4) is 5.75 Å². The van der Waals surface area contributed by atoms with E-state index < -0.39 is 0 Å². The lowest BCUT2D eigenvalue weighted by molar-refractivity contribution is 0.392. The zero-order valence-corrected chi connectivity index (χ0v) is 9.68. The normalized spacial score (nSPS) is 21.3. The molecule has 0 bridgehead atoms. The number of halogens is 1. The number of nitrogens with one attached hydrogen (secondary N) is 1. The summed E-state index contributed by atoms with van der Waals surface area (Å²) in [6.07, 6.45) is 2.43. The molecule has 1 aliphatic heterocycles. The van der Waals surface area contributed by atoms with E-state index in [2.05, 4.69) is 5.32 Å². The molecule has 0 aliphatic carbocycles. The molecule has 1 atom stereocenters. The lowest BCUT2D eigenvalue weighted by atomic mass is 9.91. The van der Waals surface area contributed by atoms with Gasteiger partial charge in [-0.3, -0.25) is 0 Å². The third kappa shape index (κ3) is 2.44. The fourth-order valence-electron chi connectivity index (χ4n) is 2.14. The van der Waals surface area contributed by atoms with Gasteiger partial charge in [-0.05, 0) is 43.1 Å². The fraction of sp³-hybridized carbons (Fsp3) is 0.500. The molecule has 0 aromatic heterocycles. The summed E-state index contributed by atoms with van der Waals surface area (Å²) in [5.74, 6) is 1.49. The Hall–Kier alpha value is -0.730. The monoisotopic (exact) mass is 225 g/mol. The molecule has 0 saturated carbocycles. The summed E-state index contributed by atoms with van der Waals surface area (Å²) in [4.78, 5) is 0. The smallest absolute Gasteiger partial charge is 0.122 e.